The molecule has 0 aliphatic carbocycles. The third-order valence-corrected chi connectivity index (χ3v) is 2.35. The Morgan fingerprint density at radius 3 is 2.73 bits per heavy atom. The molecule has 0 amide bonds. The third-order valence-electron chi connectivity index (χ3n) is 2.35. The first kappa shape index (κ1) is 11.8. The molecule has 1 aromatic rings. The van der Waals surface area contributed by atoms with Crippen molar-refractivity contribution in [1.29, 1.82) is 0 Å². The lowest BCUT2D eigenvalue weighted by Gasteiger charge is -2.07. The van der Waals surface area contributed by atoms with Gasteiger partial charge < -0.3 is 14.6 Å². The Morgan fingerprint density at radius 2 is 2.20 bits per heavy atom. The summed E-state index contributed by atoms with van der Waals surface area (Å²) in [7, 11) is 0. The molecule has 84 valence electrons. The predicted molar refractivity (Wildman–Crippen MR) is 56.0 cm³/mol. The highest BCUT2D eigenvalue weighted by Crippen LogP contribution is 2.17. The van der Waals surface area contributed by atoms with Gasteiger partial charge in [0.1, 0.15) is 11.5 Å². The number of aryl methyl sites for hydroxylation is 1. The lowest BCUT2D eigenvalue weighted by Crippen LogP contribution is -2.11. The fourth-order valence-electron chi connectivity index (χ4n) is 1.33. The zero-order valence-electron chi connectivity index (χ0n) is 8.99. The summed E-state index contributed by atoms with van der Waals surface area (Å²) in [4.78, 5) is 11.4. The van der Waals surface area contributed by atoms with E-state index in [1.165, 1.54) is 6.07 Å². The van der Waals surface area contributed by atoms with Gasteiger partial charge in [0.2, 0.25) is 0 Å². The van der Waals surface area contributed by atoms with Gasteiger partial charge in [-0.05, 0) is 25.7 Å². The van der Waals surface area contributed by atoms with Gasteiger partial charge in [-0.1, -0.05) is 6.92 Å². The van der Waals surface area contributed by atoms with E-state index in [0.29, 0.717) is 24.2 Å². The molecule has 0 saturated heterocycles. The first-order valence-electron chi connectivity index (χ1n) is 4.98. The summed E-state index contributed by atoms with van der Waals surface area (Å²) in [6, 6.07) is 1.43. The monoisotopic (exact) mass is 212 g/mol. The number of hydrogen-bond donors (Lipinski definition) is 2. The SMILES string of the molecule is Cc1cc(O)c(CCC(C)CO)c(=O)o1. The van der Waals surface area contributed by atoms with E-state index in [2.05, 4.69) is 0 Å². The number of aromatic hydroxyl groups is 1. The topological polar surface area (TPSA) is 70.7 Å². The summed E-state index contributed by atoms with van der Waals surface area (Å²) >= 11 is 0. The van der Waals surface area contributed by atoms with Crippen molar-refractivity contribution in [2.24, 2.45) is 5.92 Å². The Morgan fingerprint density at radius 1 is 1.53 bits per heavy atom. The van der Waals surface area contributed by atoms with Crippen LogP contribution in [0.3, 0.4) is 0 Å². The average Bonchev–Trinajstić information content (AvgIpc) is 2.15. The lowest BCUT2D eigenvalue weighted by molar-refractivity contribution is 0.230. The van der Waals surface area contributed by atoms with Crippen molar-refractivity contribution < 1.29 is 14.6 Å². The van der Waals surface area contributed by atoms with Gasteiger partial charge >= 0.3 is 5.63 Å². The van der Waals surface area contributed by atoms with Gasteiger partial charge in [-0.3, -0.25) is 0 Å². The quantitative estimate of drug-likeness (QED) is 0.787. The second-order valence-corrected chi connectivity index (χ2v) is 3.83. The van der Waals surface area contributed by atoms with Crippen LogP contribution in [0.15, 0.2) is 15.3 Å². The summed E-state index contributed by atoms with van der Waals surface area (Å²) in [5, 5.41) is 18.4. The number of hydrogen-bond acceptors (Lipinski definition) is 4. The fourth-order valence-corrected chi connectivity index (χ4v) is 1.33. The van der Waals surface area contributed by atoms with Crippen LogP contribution in [0.4, 0.5) is 0 Å². The van der Waals surface area contributed by atoms with Crippen molar-refractivity contribution >= 4 is 0 Å². The van der Waals surface area contributed by atoms with Crippen molar-refractivity contribution in [3.05, 3.63) is 27.8 Å². The minimum atomic E-state index is -0.488. The molecule has 0 aromatic carbocycles. The molecule has 0 aliphatic rings. The van der Waals surface area contributed by atoms with Crippen LogP contribution >= 0.6 is 0 Å². The maximum Gasteiger partial charge on any atom is 0.342 e. The first-order chi connectivity index (χ1) is 7.04. The Kier molecular flexibility index (Phi) is 3.91. The molecule has 2 N–H and O–H groups in total. The van der Waals surface area contributed by atoms with Crippen LogP contribution in [-0.4, -0.2) is 16.8 Å². The highest BCUT2D eigenvalue weighted by molar-refractivity contribution is 5.29. The molecular weight excluding hydrogens is 196 g/mol. The van der Waals surface area contributed by atoms with E-state index in [-0.39, 0.29) is 18.3 Å². The maximum atomic E-state index is 11.4. The summed E-state index contributed by atoms with van der Waals surface area (Å²) in [5.74, 6) is 0.496. The number of rotatable bonds is 4. The van der Waals surface area contributed by atoms with Crippen molar-refractivity contribution in [2.45, 2.75) is 26.7 Å². The fraction of sp³-hybridized carbons (Fsp3) is 0.545. The van der Waals surface area contributed by atoms with Crippen LogP contribution < -0.4 is 5.63 Å². The van der Waals surface area contributed by atoms with Gasteiger partial charge in [-0.2, -0.15) is 0 Å². The zero-order chi connectivity index (χ0) is 11.4. The molecule has 15 heavy (non-hydrogen) atoms. The molecule has 0 spiro atoms. The Hall–Kier alpha value is -1.29. The van der Waals surface area contributed by atoms with Gasteiger partial charge in [0.05, 0.1) is 5.56 Å². The largest absolute Gasteiger partial charge is 0.507 e. The molecule has 1 atom stereocenters. The van der Waals surface area contributed by atoms with Crippen LogP contribution in [0.1, 0.15) is 24.7 Å². The van der Waals surface area contributed by atoms with Gasteiger partial charge in [0.25, 0.3) is 0 Å². The van der Waals surface area contributed by atoms with E-state index < -0.39 is 5.63 Å². The molecular formula is C11H16O4. The lowest BCUT2D eigenvalue weighted by atomic mass is 10.0. The van der Waals surface area contributed by atoms with Crippen molar-refractivity contribution in [2.75, 3.05) is 6.61 Å². The maximum absolute atomic E-state index is 11.4. The Labute approximate surface area is 88.2 Å². The molecule has 4 nitrogen and oxygen atoms in total. The first-order valence-corrected chi connectivity index (χ1v) is 4.98. The molecule has 1 aromatic heterocycles. The van der Waals surface area contributed by atoms with E-state index in [1.807, 2.05) is 6.92 Å². The van der Waals surface area contributed by atoms with Crippen LogP contribution in [-0.2, 0) is 6.42 Å². The highest BCUT2D eigenvalue weighted by atomic mass is 16.4. The van der Waals surface area contributed by atoms with Crippen LogP contribution in [0.5, 0.6) is 5.75 Å². The minimum absolute atomic E-state index is 0.0195. The standard InChI is InChI=1S/C11H16O4/c1-7(6-12)3-4-9-10(13)5-8(2)15-11(9)14/h5,7,12-13H,3-4,6H2,1-2H3. The minimum Gasteiger partial charge on any atom is -0.507 e. The van der Waals surface area contributed by atoms with E-state index in [9.17, 15) is 9.90 Å². The molecule has 0 bridgehead atoms. The summed E-state index contributed by atoms with van der Waals surface area (Å²) < 4.78 is 4.88. The second-order valence-electron chi connectivity index (χ2n) is 3.83. The normalized spacial score (nSPS) is 12.7. The van der Waals surface area contributed by atoms with Crippen molar-refractivity contribution in [3.8, 4) is 5.75 Å². The number of aliphatic hydroxyl groups is 1. The van der Waals surface area contributed by atoms with E-state index >= 15 is 0 Å². The van der Waals surface area contributed by atoms with Crippen LogP contribution in [0.2, 0.25) is 0 Å². The molecule has 0 saturated carbocycles. The van der Waals surface area contributed by atoms with E-state index in [1.54, 1.807) is 6.92 Å². The predicted octanol–water partition coefficient (Wildman–Crippen LogP) is 1.21. The van der Waals surface area contributed by atoms with Crippen LogP contribution in [0.25, 0.3) is 0 Å². The highest BCUT2D eigenvalue weighted by Gasteiger charge is 2.11. The summed E-state index contributed by atoms with van der Waals surface area (Å²) in [5.41, 5.74) is -0.196. The Bertz CT molecular complexity index is 381. The van der Waals surface area contributed by atoms with E-state index in [0.717, 1.165) is 0 Å². The van der Waals surface area contributed by atoms with E-state index in [4.69, 9.17) is 9.52 Å². The van der Waals surface area contributed by atoms with Crippen LogP contribution in [0, 0.1) is 12.8 Å². The van der Waals surface area contributed by atoms with Gasteiger partial charge in [0, 0.05) is 12.7 Å². The number of aliphatic hydroxyl groups excluding tert-OH is 1. The molecule has 1 rings (SSSR count). The van der Waals surface area contributed by atoms with Gasteiger partial charge in [-0.15, -0.1) is 0 Å². The molecule has 0 fully saturated rings. The van der Waals surface area contributed by atoms with Crippen molar-refractivity contribution in [3.63, 3.8) is 0 Å². The Balaban J connectivity index is 2.82. The van der Waals surface area contributed by atoms with Gasteiger partial charge in [0.15, 0.2) is 0 Å². The molecule has 1 unspecified atom stereocenters. The average molecular weight is 212 g/mol. The summed E-state index contributed by atoms with van der Waals surface area (Å²) in [6.45, 7) is 3.58. The molecule has 4 heteroatoms. The van der Waals surface area contributed by atoms with Gasteiger partial charge in [-0.25, -0.2) is 4.79 Å². The smallest absolute Gasteiger partial charge is 0.342 e. The molecule has 0 aliphatic heterocycles. The zero-order valence-corrected chi connectivity index (χ0v) is 8.99. The second kappa shape index (κ2) is 4.98. The third kappa shape index (κ3) is 3.09. The molecule has 0 radical (unpaired) electrons. The molecule has 1 heterocycles. The summed E-state index contributed by atoms with van der Waals surface area (Å²) in [6.07, 6.45) is 1.08. The van der Waals surface area contributed by atoms with Crippen molar-refractivity contribution in [1.82, 2.24) is 0 Å².